The van der Waals surface area contributed by atoms with Gasteiger partial charge in [0.2, 0.25) is 17.7 Å². The quantitative estimate of drug-likeness (QED) is 0.641. The zero-order valence-electron chi connectivity index (χ0n) is 18.7. The van der Waals surface area contributed by atoms with Crippen molar-refractivity contribution in [1.82, 2.24) is 15.5 Å². The number of rotatable bonds is 6. The minimum atomic E-state index is -2.47. The fraction of sp³-hybridized carbons (Fsp3) is 0.640. The van der Waals surface area contributed by atoms with Crippen molar-refractivity contribution in [1.29, 1.82) is 0 Å². The Morgan fingerprint density at radius 1 is 1.09 bits per heavy atom. The van der Waals surface area contributed by atoms with Crippen LogP contribution >= 0.6 is 0 Å². The van der Waals surface area contributed by atoms with Gasteiger partial charge in [-0.15, -0.1) is 0 Å². The van der Waals surface area contributed by atoms with Crippen LogP contribution in [0, 0.1) is 11.8 Å². The van der Waals surface area contributed by atoms with Crippen molar-refractivity contribution in [3.63, 3.8) is 0 Å². The molecule has 5 rings (SSSR count). The SMILES string of the molecule is O=C1CCC(N2Cc3cc(C[C@H]4CCCC[C@@H]4NCC4CC(F)(F)C4)ccc3C2=O)C(=O)N1. The molecule has 0 spiro atoms. The molecule has 2 aliphatic carbocycles. The predicted octanol–water partition coefficient (Wildman–Crippen LogP) is 3.18. The highest BCUT2D eigenvalue weighted by molar-refractivity contribution is 6.05. The molecule has 33 heavy (non-hydrogen) atoms. The fourth-order valence-electron chi connectivity index (χ4n) is 6.03. The average Bonchev–Trinajstić information content (AvgIpc) is 3.07. The Labute approximate surface area is 192 Å². The second kappa shape index (κ2) is 8.78. The lowest BCUT2D eigenvalue weighted by Crippen LogP contribution is -2.52. The predicted molar refractivity (Wildman–Crippen MR) is 118 cm³/mol. The first-order chi connectivity index (χ1) is 15.8. The molecule has 4 aliphatic rings. The van der Waals surface area contributed by atoms with Gasteiger partial charge in [0, 0.05) is 37.4 Å². The molecule has 0 aromatic heterocycles. The number of alkyl halides is 2. The van der Waals surface area contributed by atoms with E-state index in [1.54, 1.807) is 4.90 Å². The zero-order valence-corrected chi connectivity index (χ0v) is 18.7. The zero-order chi connectivity index (χ0) is 23.2. The van der Waals surface area contributed by atoms with E-state index in [2.05, 4.69) is 16.7 Å². The van der Waals surface area contributed by atoms with Crippen LogP contribution in [-0.2, 0) is 22.6 Å². The lowest BCUT2D eigenvalue weighted by atomic mass is 9.78. The summed E-state index contributed by atoms with van der Waals surface area (Å²) in [7, 11) is 0. The third-order valence-electron chi connectivity index (χ3n) is 7.84. The Hall–Kier alpha value is -2.35. The summed E-state index contributed by atoms with van der Waals surface area (Å²) in [6, 6.07) is 5.68. The molecule has 2 N–H and O–H groups in total. The van der Waals surface area contributed by atoms with E-state index in [1.165, 1.54) is 12.0 Å². The average molecular weight is 460 g/mol. The van der Waals surface area contributed by atoms with Crippen LogP contribution in [0.3, 0.4) is 0 Å². The second-order valence-corrected chi connectivity index (χ2v) is 10.3. The monoisotopic (exact) mass is 459 g/mol. The molecule has 178 valence electrons. The van der Waals surface area contributed by atoms with E-state index in [0.29, 0.717) is 37.0 Å². The topological polar surface area (TPSA) is 78.5 Å². The van der Waals surface area contributed by atoms with Crippen molar-refractivity contribution in [2.24, 2.45) is 11.8 Å². The molecule has 3 atom stereocenters. The van der Waals surface area contributed by atoms with Crippen molar-refractivity contribution in [2.45, 2.75) is 82.3 Å². The number of carbonyl (C=O) groups excluding carboxylic acids is 3. The number of piperidine rings is 1. The minimum absolute atomic E-state index is 0.0000846. The van der Waals surface area contributed by atoms with Crippen LogP contribution in [0.15, 0.2) is 18.2 Å². The molecule has 3 amide bonds. The Balaban J connectivity index is 1.22. The number of fused-ring (bicyclic) bond motifs is 1. The molecule has 1 saturated heterocycles. The Bertz CT molecular complexity index is 958. The lowest BCUT2D eigenvalue weighted by molar-refractivity contribution is -0.136. The molecule has 8 heteroatoms. The fourth-order valence-corrected chi connectivity index (χ4v) is 6.03. The van der Waals surface area contributed by atoms with Gasteiger partial charge >= 0.3 is 0 Å². The molecular formula is C25H31F2N3O3. The Kier molecular flexibility index (Phi) is 5.97. The first kappa shape index (κ1) is 22.4. The highest BCUT2D eigenvalue weighted by Crippen LogP contribution is 2.42. The van der Waals surface area contributed by atoms with Crippen molar-refractivity contribution < 1.29 is 23.2 Å². The number of imide groups is 1. The van der Waals surface area contributed by atoms with Gasteiger partial charge in [-0.1, -0.05) is 25.0 Å². The maximum absolute atomic E-state index is 13.1. The largest absolute Gasteiger partial charge is 0.322 e. The number of hydrogen-bond donors (Lipinski definition) is 2. The van der Waals surface area contributed by atoms with Crippen LogP contribution in [0.1, 0.15) is 72.9 Å². The number of halogens is 2. The highest BCUT2D eigenvalue weighted by atomic mass is 19.3. The first-order valence-corrected chi connectivity index (χ1v) is 12.2. The molecule has 2 aliphatic heterocycles. The van der Waals surface area contributed by atoms with Crippen LogP contribution in [0.4, 0.5) is 8.78 Å². The van der Waals surface area contributed by atoms with E-state index in [-0.39, 0.29) is 37.0 Å². The van der Waals surface area contributed by atoms with E-state index >= 15 is 0 Å². The van der Waals surface area contributed by atoms with Gasteiger partial charge in [0.25, 0.3) is 5.91 Å². The summed E-state index contributed by atoms with van der Waals surface area (Å²) in [6.45, 7) is 1.05. The molecule has 3 fully saturated rings. The van der Waals surface area contributed by atoms with Crippen LogP contribution in [0.25, 0.3) is 0 Å². The van der Waals surface area contributed by atoms with Crippen LogP contribution < -0.4 is 10.6 Å². The molecule has 2 heterocycles. The second-order valence-electron chi connectivity index (χ2n) is 10.3. The van der Waals surface area contributed by atoms with Gasteiger partial charge in [0.05, 0.1) is 0 Å². The van der Waals surface area contributed by atoms with Crippen molar-refractivity contribution in [2.75, 3.05) is 6.54 Å². The summed E-state index contributed by atoms with van der Waals surface area (Å²) in [6.07, 6.45) is 6.01. The summed E-state index contributed by atoms with van der Waals surface area (Å²) in [5.41, 5.74) is 2.73. The van der Waals surface area contributed by atoms with Gasteiger partial charge in [-0.25, -0.2) is 8.78 Å². The number of nitrogens with zero attached hydrogens (tertiary/aromatic N) is 1. The molecule has 0 radical (unpaired) electrons. The summed E-state index contributed by atoms with van der Waals surface area (Å²) in [5.74, 6) is -2.78. The smallest absolute Gasteiger partial charge is 0.255 e. The lowest BCUT2D eigenvalue weighted by Gasteiger charge is -2.38. The third kappa shape index (κ3) is 4.67. The maximum Gasteiger partial charge on any atom is 0.255 e. The first-order valence-electron chi connectivity index (χ1n) is 12.2. The van der Waals surface area contributed by atoms with Crippen molar-refractivity contribution in [3.8, 4) is 0 Å². The highest BCUT2D eigenvalue weighted by Gasteiger charge is 2.45. The molecule has 2 saturated carbocycles. The van der Waals surface area contributed by atoms with Gasteiger partial charge in [-0.2, -0.15) is 0 Å². The van der Waals surface area contributed by atoms with E-state index in [9.17, 15) is 23.2 Å². The normalized spacial score (nSPS) is 29.6. The summed E-state index contributed by atoms with van der Waals surface area (Å²) < 4.78 is 26.3. The van der Waals surface area contributed by atoms with E-state index in [0.717, 1.165) is 31.2 Å². The number of carbonyl (C=O) groups is 3. The van der Waals surface area contributed by atoms with Crippen molar-refractivity contribution >= 4 is 17.7 Å². The van der Waals surface area contributed by atoms with E-state index < -0.39 is 17.9 Å². The van der Waals surface area contributed by atoms with Gasteiger partial charge in [-0.05, 0) is 61.3 Å². The molecule has 1 aromatic rings. The Morgan fingerprint density at radius 2 is 1.88 bits per heavy atom. The van der Waals surface area contributed by atoms with Gasteiger partial charge in [-0.3, -0.25) is 19.7 Å². The number of benzene rings is 1. The molecule has 1 aromatic carbocycles. The molecule has 6 nitrogen and oxygen atoms in total. The number of amides is 3. The molecule has 1 unspecified atom stereocenters. The standard InChI is InChI=1S/C25H31F2N3O3/c26-25(27)11-16(12-25)13-28-20-4-2-1-3-17(20)9-15-5-6-19-18(10-15)14-30(24(19)33)21-7-8-22(31)29-23(21)32/h5-6,10,16-17,20-21,28H,1-4,7-9,11-14H2,(H,29,31,32)/t17-,20+,21?/m1/s1. The van der Waals surface area contributed by atoms with Crippen LogP contribution in [0.5, 0.6) is 0 Å². The summed E-state index contributed by atoms with van der Waals surface area (Å²) in [4.78, 5) is 38.2. The molecule has 0 bridgehead atoms. The van der Waals surface area contributed by atoms with Gasteiger partial charge < -0.3 is 10.2 Å². The van der Waals surface area contributed by atoms with Crippen molar-refractivity contribution in [3.05, 3.63) is 34.9 Å². The summed E-state index contributed by atoms with van der Waals surface area (Å²) >= 11 is 0. The summed E-state index contributed by atoms with van der Waals surface area (Å²) in [5, 5.41) is 5.92. The molecular weight excluding hydrogens is 428 g/mol. The van der Waals surface area contributed by atoms with Crippen LogP contribution in [-0.4, -0.2) is 47.2 Å². The minimum Gasteiger partial charge on any atom is -0.322 e. The van der Waals surface area contributed by atoms with Crippen LogP contribution in [0.2, 0.25) is 0 Å². The number of hydrogen-bond acceptors (Lipinski definition) is 4. The van der Waals surface area contributed by atoms with Gasteiger partial charge in [0.15, 0.2) is 0 Å². The Morgan fingerprint density at radius 3 is 2.64 bits per heavy atom. The third-order valence-corrected chi connectivity index (χ3v) is 7.84. The van der Waals surface area contributed by atoms with Gasteiger partial charge in [0.1, 0.15) is 6.04 Å². The number of nitrogens with one attached hydrogen (secondary N) is 2. The van der Waals surface area contributed by atoms with E-state index in [1.807, 2.05) is 12.1 Å². The maximum atomic E-state index is 13.1. The van der Waals surface area contributed by atoms with E-state index in [4.69, 9.17) is 0 Å².